The van der Waals surface area contributed by atoms with E-state index in [0.717, 1.165) is 38.6 Å². The first-order valence-electron chi connectivity index (χ1n) is 7.75. The number of nitrogens with one attached hydrogen (secondary N) is 1. The monoisotopic (exact) mass is 271 g/mol. The van der Waals surface area contributed by atoms with Crippen molar-refractivity contribution < 1.29 is 4.74 Å². The van der Waals surface area contributed by atoms with Crippen LogP contribution < -0.4 is 5.32 Å². The number of nitrogens with zero attached hydrogens (tertiary/aromatic N) is 2. The van der Waals surface area contributed by atoms with Crippen LogP contribution in [0.1, 0.15) is 27.2 Å². The third-order valence-electron chi connectivity index (χ3n) is 4.17. The molecule has 0 spiro atoms. The van der Waals surface area contributed by atoms with E-state index < -0.39 is 0 Å². The van der Waals surface area contributed by atoms with Crippen LogP contribution in [0.5, 0.6) is 0 Å². The number of rotatable bonds is 9. The Morgan fingerprint density at radius 1 is 1.37 bits per heavy atom. The maximum Gasteiger partial charge on any atom is 0.0477 e. The number of hydrogen-bond donors (Lipinski definition) is 1. The van der Waals surface area contributed by atoms with Gasteiger partial charge in [-0.25, -0.2) is 0 Å². The molecule has 1 rings (SSSR count). The minimum Gasteiger partial charge on any atom is -0.382 e. The fraction of sp³-hybridized carbons (Fsp3) is 1.00. The number of ether oxygens (including phenoxy) is 1. The summed E-state index contributed by atoms with van der Waals surface area (Å²) in [6.07, 6.45) is 1.11. The molecule has 0 aromatic rings. The van der Waals surface area contributed by atoms with Gasteiger partial charge in [-0.2, -0.15) is 0 Å². The standard InChI is InChI=1S/C15H33N3O/c1-6-19-9-7-8-16-10-14(3)18-11-13(2)15(12-18)17(4)5/h13-16H,6-12H2,1-5H3. The minimum atomic E-state index is 0.625. The van der Waals surface area contributed by atoms with Crippen LogP contribution in [-0.4, -0.2) is 75.4 Å². The normalized spacial score (nSPS) is 26.2. The highest BCUT2D eigenvalue weighted by Gasteiger charge is 2.32. The van der Waals surface area contributed by atoms with Gasteiger partial charge in [0.1, 0.15) is 0 Å². The first-order valence-corrected chi connectivity index (χ1v) is 7.75. The molecule has 0 bridgehead atoms. The van der Waals surface area contributed by atoms with Crippen molar-refractivity contribution in [3.05, 3.63) is 0 Å². The Kier molecular flexibility index (Phi) is 7.91. The van der Waals surface area contributed by atoms with E-state index >= 15 is 0 Å². The van der Waals surface area contributed by atoms with Crippen LogP contribution in [0.25, 0.3) is 0 Å². The van der Waals surface area contributed by atoms with Gasteiger partial charge in [0.2, 0.25) is 0 Å². The molecule has 0 aliphatic carbocycles. The van der Waals surface area contributed by atoms with E-state index in [9.17, 15) is 0 Å². The summed E-state index contributed by atoms with van der Waals surface area (Å²) < 4.78 is 5.34. The van der Waals surface area contributed by atoms with Crippen LogP contribution in [0.3, 0.4) is 0 Å². The summed E-state index contributed by atoms with van der Waals surface area (Å²) >= 11 is 0. The predicted octanol–water partition coefficient (Wildman–Crippen LogP) is 1.27. The fourth-order valence-corrected chi connectivity index (χ4v) is 2.90. The third-order valence-corrected chi connectivity index (χ3v) is 4.17. The first kappa shape index (κ1) is 16.9. The van der Waals surface area contributed by atoms with Gasteiger partial charge >= 0.3 is 0 Å². The van der Waals surface area contributed by atoms with Crippen molar-refractivity contribution in [2.24, 2.45) is 5.92 Å². The summed E-state index contributed by atoms with van der Waals surface area (Å²) in [5, 5.41) is 3.54. The molecule has 1 aliphatic rings. The molecule has 1 N–H and O–H groups in total. The van der Waals surface area contributed by atoms with Crippen LogP contribution >= 0.6 is 0 Å². The molecule has 1 heterocycles. The molecule has 19 heavy (non-hydrogen) atoms. The number of likely N-dealkylation sites (N-methyl/N-ethyl adjacent to an activating group) is 1. The fourth-order valence-electron chi connectivity index (χ4n) is 2.90. The van der Waals surface area contributed by atoms with Crippen LogP contribution in [0, 0.1) is 5.92 Å². The van der Waals surface area contributed by atoms with E-state index in [0.29, 0.717) is 12.1 Å². The van der Waals surface area contributed by atoms with Crippen molar-refractivity contribution in [2.75, 3.05) is 53.5 Å². The zero-order valence-corrected chi connectivity index (χ0v) is 13.5. The van der Waals surface area contributed by atoms with Gasteiger partial charge in [-0.15, -0.1) is 0 Å². The summed E-state index contributed by atoms with van der Waals surface area (Å²) in [5.74, 6) is 0.774. The summed E-state index contributed by atoms with van der Waals surface area (Å²) in [4.78, 5) is 4.98. The zero-order chi connectivity index (χ0) is 14.3. The van der Waals surface area contributed by atoms with Gasteiger partial charge in [-0.05, 0) is 46.8 Å². The van der Waals surface area contributed by atoms with Gasteiger partial charge in [-0.1, -0.05) is 6.92 Å². The van der Waals surface area contributed by atoms with Gasteiger partial charge in [0.05, 0.1) is 0 Å². The maximum atomic E-state index is 5.34. The Balaban J connectivity index is 2.15. The van der Waals surface area contributed by atoms with E-state index in [1.165, 1.54) is 13.1 Å². The maximum absolute atomic E-state index is 5.34. The third kappa shape index (κ3) is 5.78. The Hall–Kier alpha value is -0.160. The molecule has 4 nitrogen and oxygen atoms in total. The predicted molar refractivity (Wildman–Crippen MR) is 81.7 cm³/mol. The van der Waals surface area contributed by atoms with Gasteiger partial charge in [0.15, 0.2) is 0 Å². The molecule has 114 valence electrons. The van der Waals surface area contributed by atoms with E-state index in [-0.39, 0.29) is 0 Å². The Labute approximate surface area is 119 Å². The molecular formula is C15H33N3O. The average Bonchev–Trinajstić information content (AvgIpc) is 2.75. The smallest absolute Gasteiger partial charge is 0.0477 e. The van der Waals surface area contributed by atoms with Crippen molar-refractivity contribution in [1.82, 2.24) is 15.1 Å². The largest absolute Gasteiger partial charge is 0.382 e. The summed E-state index contributed by atoms with van der Waals surface area (Å²) in [5.41, 5.74) is 0. The summed E-state index contributed by atoms with van der Waals surface area (Å²) in [7, 11) is 4.39. The second-order valence-electron chi connectivity index (χ2n) is 6.07. The van der Waals surface area contributed by atoms with Gasteiger partial charge in [0, 0.05) is 44.9 Å². The molecule has 1 aliphatic heterocycles. The lowest BCUT2D eigenvalue weighted by molar-refractivity contribution is 0.144. The van der Waals surface area contributed by atoms with E-state index in [1.54, 1.807) is 0 Å². The lowest BCUT2D eigenvalue weighted by atomic mass is 10.1. The second kappa shape index (κ2) is 8.90. The highest BCUT2D eigenvalue weighted by atomic mass is 16.5. The molecule has 3 atom stereocenters. The first-order chi connectivity index (χ1) is 9.06. The minimum absolute atomic E-state index is 0.625. The van der Waals surface area contributed by atoms with Crippen molar-refractivity contribution in [3.8, 4) is 0 Å². The number of likely N-dealkylation sites (tertiary alicyclic amines) is 1. The Bertz CT molecular complexity index is 235. The molecule has 3 unspecified atom stereocenters. The molecule has 1 saturated heterocycles. The zero-order valence-electron chi connectivity index (χ0n) is 13.5. The topological polar surface area (TPSA) is 27.7 Å². The SMILES string of the molecule is CCOCCCNCC(C)N1CC(C)C(N(C)C)C1. The quantitative estimate of drug-likeness (QED) is 0.639. The highest BCUT2D eigenvalue weighted by molar-refractivity contribution is 4.89. The van der Waals surface area contributed by atoms with Crippen LogP contribution in [0.15, 0.2) is 0 Å². The molecular weight excluding hydrogens is 238 g/mol. The van der Waals surface area contributed by atoms with Crippen LogP contribution in [0.2, 0.25) is 0 Å². The van der Waals surface area contributed by atoms with E-state index in [4.69, 9.17) is 4.74 Å². The van der Waals surface area contributed by atoms with Crippen molar-refractivity contribution >= 4 is 0 Å². The molecule has 0 aromatic heterocycles. The average molecular weight is 271 g/mol. The summed E-state index contributed by atoms with van der Waals surface area (Å²) in [6, 6.07) is 1.33. The van der Waals surface area contributed by atoms with Crippen LogP contribution in [-0.2, 0) is 4.74 Å². The van der Waals surface area contributed by atoms with Crippen molar-refractivity contribution in [3.63, 3.8) is 0 Å². The van der Waals surface area contributed by atoms with Gasteiger partial charge in [-0.3, -0.25) is 4.90 Å². The van der Waals surface area contributed by atoms with E-state index in [1.807, 2.05) is 6.92 Å². The molecule has 0 saturated carbocycles. The van der Waals surface area contributed by atoms with Crippen molar-refractivity contribution in [2.45, 2.75) is 39.3 Å². The number of hydrogen-bond acceptors (Lipinski definition) is 4. The lowest BCUT2D eigenvalue weighted by Gasteiger charge is -2.26. The molecule has 0 radical (unpaired) electrons. The molecule has 0 aromatic carbocycles. The molecule has 4 heteroatoms. The Morgan fingerprint density at radius 2 is 2.11 bits per heavy atom. The Morgan fingerprint density at radius 3 is 2.68 bits per heavy atom. The lowest BCUT2D eigenvalue weighted by Crippen LogP contribution is -2.41. The van der Waals surface area contributed by atoms with Crippen molar-refractivity contribution in [1.29, 1.82) is 0 Å². The molecule has 0 amide bonds. The van der Waals surface area contributed by atoms with Crippen LogP contribution in [0.4, 0.5) is 0 Å². The summed E-state index contributed by atoms with van der Waals surface area (Å²) in [6.45, 7) is 13.0. The second-order valence-corrected chi connectivity index (χ2v) is 6.07. The van der Waals surface area contributed by atoms with E-state index in [2.05, 4.69) is 43.1 Å². The van der Waals surface area contributed by atoms with Gasteiger partial charge in [0.25, 0.3) is 0 Å². The molecule has 1 fully saturated rings. The van der Waals surface area contributed by atoms with Gasteiger partial charge < -0.3 is 15.0 Å². The highest BCUT2D eigenvalue weighted by Crippen LogP contribution is 2.21.